The number of aromatic hydroxyl groups is 1. The molecular formula is C19H20N2O3. The number of unbranched alkanes of at least 4 members (excludes halogenated alkanes) is 1. The summed E-state index contributed by atoms with van der Waals surface area (Å²) in [5.74, 6) is -0.747. The third kappa shape index (κ3) is 2.95. The van der Waals surface area contributed by atoms with E-state index in [0.717, 1.165) is 16.6 Å². The minimum absolute atomic E-state index is 0.0246. The van der Waals surface area contributed by atoms with E-state index in [1.165, 1.54) is 6.92 Å². The number of carbonyl (C=O) groups excluding carboxylic acids is 1. The van der Waals surface area contributed by atoms with E-state index in [4.69, 9.17) is 0 Å². The summed E-state index contributed by atoms with van der Waals surface area (Å²) in [5.41, 5.74) is 0.812. The number of hydrogen-bond donors (Lipinski definition) is 1. The zero-order valence-electron chi connectivity index (χ0n) is 14.1. The Balaban J connectivity index is 2.74. The topological polar surface area (TPSA) is 83.1 Å². The molecule has 2 aromatic rings. The van der Waals surface area contributed by atoms with Crippen molar-refractivity contribution in [1.82, 2.24) is 4.57 Å². The monoisotopic (exact) mass is 324 g/mol. The second-order valence-electron chi connectivity index (χ2n) is 5.76. The summed E-state index contributed by atoms with van der Waals surface area (Å²) in [6.45, 7) is 5.55. The van der Waals surface area contributed by atoms with Crippen molar-refractivity contribution in [1.29, 1.82) is 5.26 Å². The molecule has 0 spiro atoms. The maximum absolute atomic E-state index is 12.9. The molecule has 1 heterocycles. The Kier molecular flexibility index (Phi) is 5.20. The number of hydrogen-bond acceptors (Lipinski definition) is 4. The number of carbonyl (C=O) groups is 1. The van der Waals surface area contributed by atoms with Gasteiger partial charge in [-0.3, -0.25) is 14.2 Å². The molecule has 0 atom stereocenters. The quantitative estimate of drug-likeness (QED) is 0.857. The summed E-state index contributed by atoms with van der Waals surface area (Å²) in [6.07, 6.45) is 1.49. The molecule has 0 radical (unpaired) electrons. The lowest BCUT2D eigenvalue weighted by molar-refractivity contribution is 0.103. The van der Waals surface area contributed by atoms with Gasteiger partial charge in [0.2, 0.25) is 5.88 Å². The van der Waals surface area contributed by atoms with Crippen molar-refractivity contribution in [2.24, 2.45) is 0 Å². The molecule has 0 amide bonds. The Morgan fingerprint density at radius 1 is 1.29 bits per heavy atom. The Bertz CT molecular complexity index is 889. The minimum atomic E-state index is -0.553. The highest BCUT2D eigenvalue weighted by atomic mass is 16.3. The van der Waals surface area contributed by atoms with Crippen LogP contribution in [0, 0.1) is 25.2 Å². The maximum atomic E-state index is 12.9. The maximum Gasteiger partial charge on any atom is 0.271 e. The molecule has 1 N–H and O–H groups in total. The zero-order chi connectivity index (χ0) is 17.9. The van der Waals surface area contributed by atoms with Gasteiger partial charge in [-0.15, -0.1) is 0 Å². The number of pyridine rings is 1. The molecule has 5 nitrogen and oxygen atoms in total. The number of rotatable bonds is 5. The summed E-state index contributed by atoms with van der Waals surface area (Å²) in [4.78, 5) is 25.3. The first-order valence-corrected chi connectivity index (χ1v) is 7.90. The largest absolute Gasteiger partial charge is 0.494 e. The molecule has 0 bridgehead atoms. The fourth-order valence-corrected chi connectivity index (χ4v) is 2.71. The first-order chi connectivity index (χ1) is 11.4. The highest BCUT2D eigenvalue weighted by Gasteiger charge is 2.25. The van der Waals surface area contributed by atoms with Gasteiger partial charge in [0.25, 0.3) is 5.56 Å². The molecule has 0 aliphatic heterocycles. The van der Waals surface area contributed by atoms with Crippen LogP contribution in [-0.2, 0) is 6.54 Å². The number of ketones is 1. The molecule has 0 aliphatic rings. The predicted molar refractivity (Wildman–Crippen MR) is 91.3 cm³/mol. The number of aryl methyl sites for hydroxylation is 1. The van der Waals surface area contributed by atoms with Crippen LogP contribution in [0.3, 0.4) is 0 Å². The van der Waals surface area contributed by atoms with E-state index in [2.05, 4.69) is 0 Å². The summed E-state index contributed by atoms with van der Waals surface area (Å²) in [7, 11) is 0. The number of nitriles is 1. The van der Waals surface area contributed by atoms with Crippen LogP contribution in [-0.4, -0.2) is 15.5 Å². The van der Waals surface area contributed by atoms with Crippen LogP contribution in [0.2, 0.25) is 0 Å². The zero-order valence-corrected chi connectivity index (χ0v) is 14.1. The van der Waals surface area contributed by atoms with Gasteiger partial charge in [-0.1, -0.05) is 37.6 Å². The molecule has 0 unspecified atom stereocenters. The van der Waals surface area contributed by atoms with E-state index in [1.54, 1.807) is 25.1 Å². The first kappa shape index (κ1) is 17.5. The fraction of sp³-hybridized carbons (Fsp3) is 0.316. The van der Waals surface area contributed by atoms with Gasteiger partial charge in [-0.05, 0) is 31.4 Å². The van der Waals surface area contributed by atoms with Gasteiger partial charge in [-0.25, -0.2) is 0 Å². The number of benzene rings is 1. The Morgan fingerprint density at radius 3 is 2.54 bits per heavy atom. The molecule has 0 saturated heterocycles. The molecule has 0 saturated carbocycles. The molecule has 1 aromatic carbocycles. The van der Waals surface area contributed by atoms with Gasteiger partial charge in [0.15, 0.2) is 5.78 Å². The van der Waals surface area contributed by atoms with Crippen LogP contribution >= 0.6 is 0 Å². The minimum Gasteiger partial charge on any atom is -0.494 e. The summed E-state index contributed by atoms with van der Waals surface area (Å²) < 4.78 is 1.13. The SMILES string of the molecule is CCCCn1c(O)c(C(=O)c2ccccc2C)c(C)c(C#N)c1=O. The summed E-state index contributed by atoms with van der Waals surface area (Å²) in [5, 5.41) is 19.9. The smallest absolute Gasteiger partial charge is 0.271 e. The van der Waals surface area contributed by atoms with E-state index < -0.39 is 5.56 Å². The predicted octanol–water partition coefficient (Wildman–Crippen LogP) is 3.07. The fourth-order valence-electron chi connectivity index (χ4n) is 2.71. The van der Waals surface area contributed by atoms with Crippen molar-refractivity contribution in [3.63, 3.8) is 0 Å². The van der Waals surface area contributed by atoms with Crippen LogP contribution in [0.25, 0.3) is 0 Å². The van der Waals surface area contributed by atoms with Crippen LogP contribution in [0.1, 0.15) is 52.4 Å². The molecule has 2 rings (SSSR count). The molecule has 124 valence electrons. The Hall–Kier alpha value is -2.87. The first-order valence-electron chi connectivity index (χ1n) is 7.90. The number of nitrogens with zero attached hydrogens (tertiary/aromatic N) is 2. The van der Waals surface area contributed by atoms with E-state index in [1.807, 2.05) is 19.1 Å². The van der Waals surface area contributed by atoms with Crippen LogP contribution < -0.4 is 5.56 Å². The van der Waals surface area contributed by atoms with Gasteiger partial charge < -0.3 is 5.11 Å². The van der Waals surface area contributed by atoms with Crippen molar-refractivity contribution in [3.8, 4) is 11.9 Å². The van der Waals surface area contributed by atoms with Gasteiger partial charge in [0, 0.05) is 12.1 Å². The Morgan fingerprint density at radius 2 is 1.96 bits per heavy atom. The average molecular weight is 324 g/mol. The molecule has 5 heteroatoms. The standard InChI is InChI=1S/C19H20N2O3/c1-4-5-10-21-18(23)15(11-20)13(3)16(19(21)24)17(22)14-9-7-6-8-12(14)2/h6-9,24H,4-5,10H2,1-3H3. The lowest BCUT2D eigenvalue weighted by atomic mass is 9.95. The second kappa shape index (κ2) is 7.14. The van der Waals surface area contributed by atoms with Gasteiger partial charge in [0.05, 0.1) is 5.56 Å². The van der Waals surface area contributed by atoms with Crippen LogP contribution in [0.15, 0.2) is 29.1 Å². The average Bonchev–Trinajstić information content (AvgIpc) is 2.55. The van der Waals surface area contributed by atoms with Crippen molar-refractivity contribution in [3.05, 3.63) is 62.4 Å². The van der Waals surface area contributed by atoms with Crippen molar-refractivity contribution in [2.75, 3.05) is 0 Å². The van der Waals surface area contributed by atoms with Gasteiger partial charge >= 0.3 is 0 Å². The molecular weight excluding hydrogens is 304 g/mol. The molecule has 0 fully saturated rings. The normalized spacial score (nSPS) is 10.4. The van der Waals surface area contributed by atoms with Crippen molar-refractivity contribution < 1.29 is 9.90 Å². The van der Waals surface area contributed by atoms with Crippen molar-refractivity contribution >= 4 is 5.78 Å². The van der Waals surface area contributed by atoms with Crippen LogP contribution in [0.4, 0.5) is 0 Å². The van der Waals surface area contributed by atoms with E-state index in [9.17, 15) is 20.0 Å². The third-order valence-electron chi connectivity index (χ3n) is 4.15. The highest BCUT2D eigenvalue weighted by Crippen LogP contribution is 2.26. The van der Waals surface area contributed by atoms with E-state index >= 15 is 0 Å². The summed E-state index contributed by atoms with van der Waals surface area (Å²) >= 11 is 0. The number of aromatic nitrogens is 1. The molecule has 0 aliphatic carbocycles. The summed E-state index contributed by atoms with van der Waals surface area (Å²) in [6, 6.07) is 8.91. The van der Waals surface area contributed by atoms with Crippen molar-refractivity contribution in [2.45, 2.75) is 40.2 Å². The lowest BCUT2D eigenvalue weighted by Crippen LogP contribution is -2.27. The van der Waals surface area contributed by atoms with Gasteiger partial charge in [0.1, 0.15) is 11.6 Å². The third-order valence-corrected chi connectivity index (χ3v) is 4.15. The van der Waals surface area contributed by atoms with Gasteiger partial charge in [-0.2, -0.15) is 5.26 Å². The Labute approximate surface area is 140 Å². The second-order valence-corrected chi connectivity index (χ2v) is 5.76. The van der Waals surface area contributed by atoms with Crippen LogP contribution in [0.5, 0.6) is 5.88 Å². The lowest BCUT2D eigenvalue weighted by Gasteiger charge is -2.16. The highest BCUT2D eigenvalue weighted by molar-refractivity contribution is 6.12. The molecule has 1 aromatic heterocycles. The van der Waals surface area contributed by atoms with E-state index in [0.29, 0.717) is 12.0 Å². The molecule has 24 heavy (non-hydrogen) atoms. The van der Waals surface area contributed by atoms with E-state index in [-0.39, 0.29) is 34.9 Å².